The Balaban J connectivity index is 2.18. The maximum atomic E-state index is 11.8. The number of ether oxygens (including phenoxy) is 1. The normalized spacial score (nSPS) is 16.1. The van der Waals surface area contributed by atoms with Crippen molar-refractivity contribution < 1.29 is 9.53 Å². The summed E-state index contributed by atoms with van der Waals surface area (Å²) in [6.07, 6.45) is 6.99. The van der Waals surface area contributed by atoms with E-state index in [1.54, 1.807) is 6.07 Å². The lowest BCUT2D eigenvalue weighted by Crippen LogP contribution is -2.27. The molecule has 2 rings (SSSR count). The molecule has 0 spiro atoms. The van der Waals surface area contributed by atoms with Gasteiger partial charge in [-0.3, -0.25) is 5.32 Å². The minimum absolute atomic E-state index is 0.186. The van der Waals surface area contributed by atoms with Gasteiger partial charge in [-0.05, 0) is 51.3 Å². The summed E-state index contributed by atoms with van der Waals surface area (Å²) in [4.78, 5) is 11.8. The number of terminal acetylenes is 1. The second-order valence-electron chi connectivity index (χ2n) is 6.05. The summed E-state index contributed by atoms with van der Waals surface area (Å²) >= 11 is 6.10. The van der Waals surface area contributed by atoms with Crippen LogP contribution in [0.3, 0.4) is 0 Å². The van der Waals surface area contributed by atoms with Crippen molar-refractivity contribution in [3.63, 3.8) is 0 Å². The third-order valence-corrected chi connectivity index (χ3v) is 3.51. The zero-order valence-corrected chi connectivity index (χ0v) is 12.7. The van der Waals surface area contributed by atoms with Gasteiger partial charge < -0.3 is 4.74 Å². The second kappa shape index (κ2) is 5.03. The van der Waals surface area contributed by atoms with Crippen LogP contribution in [0.15, 0.2) is 18.2 Å². The van der Waals surface area contributed by atoms with Gasteiger partial charge >= 0.3 is 6.09 Å². The number of amides is 1. The monoisotopic (exact) mass is 291 g/mol. The van der Waals surface area contributed by atoms with Gasteiger partial charge in [-0.15, -0.1) is 6.42 Å². The summed E-state index contributed by atoms with van der Waals surface area (Å²) in [5.74, 6) is 2.82. The first-order valence-electron chi connectivity index (χ1n) is 6.54. The number of anilines is 1. The average Bonchev–Trinajstić information content (AvgIpc) is 3.10. The molecule has 4 heteroatoms. The van der Waals surface area contributed by atoms with Crippen molar-refractivity contribution in [2.75, 3.05) is 5.32 Å². The summed E-state index contributed by atoms with van der Waals surface area (Å²) < 4.78 is 5.22. The summed E-state index contributed by atoms with van der Waals surface area (Å²) in [5.41, 5.74) is 0.801. The largest absolute Gasteiger partial charge is 0.444 e. The van der Waals surface area contributed by atoms with Crippen molar-refractivity contribution >= 4 is 23.4 Å². The predicted octanol–water partition coefficient (Wildman–Crippen LogP) is 4.35. The number of benzene rings is 1. The molecule has 1 aliphatic rings. The average molecular weight is 292 g/mol. The van der Waals surface area contributed by atoms with Gasteiger partial charge in [0.2, 0.25) is 0 Å². The number of carbonyl (C=O) groups is 1. The highest BCUT2D eigenvalue weighted by Crippen LogP contribution is 2.48. The zero-order chi connectivity index (χ0) is 15.0. The highest BCUT2D eigenvalue weighted by Gasteiger charge is 2.42. The summed E-state index contributed by atoms with van der Waals surface area (Å²) in [6, 6.07) is 5.50. The molecule has 20 heavy (non-hydrogen) atoms. The van der Waals surface area contributed by atoms with Gasteiger partial charge in [0.15, 0.2) is 0 Å². The topological polar surface area (TPSA) is 38.3 Å². The molecular formula is C16H18ClNO2. The van der Waals surface area contributed by atoms with Gasteiger partial charge in [-0.25, -0.2) is 4.79 Å². The molecule has 0 unspecified atom stereocenters. The number of hydrogen-bond acceptors (Lipinski definition) is 2. The van der Waals surface area contributed by atoms with E-state index in [1.165, 1.54) is 0 Å². The number of carbonyl (C=O) groups excluding carboxylic acids is 1. The second-order valence-corrected chi connectivity index (χ2v) is 6.46. The summed E-state index contributed by atoms with van der Waals surface area (Å²) in [5, 5.41) is 3.13. The first-order valence-corrected chi connectivity index (χ1v) is 6.91. The highest BCUT2D eigenvalue weighted by molar-refractivity contribution is 6.33. The first kappa shape index (κ1) is 14.7. The predicted molar refractivity (Wildman–Crippen MR) is 81.1 cm³/mol. The summed E-state index contributed by atoms with van der Waals surface area (Å²) in [6.45, 7) is 5.42. The molecule has 1 aromatic rings. The Labute approximate surface area is 124 Å². The molecule has 0 radical (unpaired) electrons. The first-order chi connectivity index (χ1) is 9.26. The van der Waals surface area contributed by atoms with E-state index in [0.29, 0.717) is 10.7 Å². The van der Waals surface area contributed by atoms with Crippen LogP contribution in [0, 0.1) is 12.3 Å². The van der Waals surface area contributed by atoms with Crippen LogP contribution in [0.2, 0.25) is 5.02 Å². The maximum Gasteiger partial charge on any atom is 0.412 e. The third-order valence-electron chi connectivity index (χ3n) is 3.18. The van der Waals surface area contributed by atoms with Crippen molar-refractivity contribution in [1.29, 1.82) is 0 Å². The van der Waals surface area contributed by atoms with Crippen molar-refractivity contribution in [3.8, 4) is 12.3 Å². The molecule has 3 nitrogen and oxygen atoms in total. The van der Waals surface area contributed by atoms with Crippen molar-refractivity contribution in [2.24, 2.45) is 0 Å². The fraction of sp³-hybridized carbons (Fsp3) is 0.438. The van der Waals surface area contributed by atoms with E-state index in [1.807, 2.05) is 32.9 Å². The lowest BCUT2D eigenvalue weighted by molar-refractivity contribution is 0.0636. The molecule has 1 N–H and O–H groups in total. The van der Waals surface area contributed by atoms with Crippen molar-refractivity contribution in [2.45, 2.75) is 44.6 Å². The number of nitrogens with one attached hydrogen (secondary N) is 1. The molecular weight excluding hydrogens is 274 g/mol. The number of halogens is 1. The SMILES string of the molecule is C#CC1(c2ccc(Cl)c(NC(=O)OC(C)(C)C)c2)CC1. The minimum atomic E-state index is -0.551. The van der Waals surface area contributed by atoms with Gasteiger partial charge in [-0.2, -0.15) is 0 Å². The Morgan fingerprint density at radius 2 is 2.10 bits per heavy atom. The highest BCUT2D eigenvalue weighted by atomic mass is 35.5. The lowest BCUT2D eigenvalue weighted by Gasteiger charge is -2.20. The van der Waals surface area contributed by atoms with Gasteiger partial charge in [0.1, 0.15) is 5.60 Å². The Kier molecular flexibility index (Phi) is 3.71. The fourth-order valence-corrected chi connectivity index (χ4v) is 2.14. The van der Waals surface area contributed by atoms with Crippen molar-refractivity contribution in [3.05, 3.63) is 28.8 Å². The Hall–Kier alpha value is -1.66. The quantitative estimate of drug-likeness (QED) is 0.823. The molecule has 0 aliphatic heterocycles. The van der Waals surface area contributed by atoms with E-state index in [2.05, 4.69) is 11.2 Å². The number of hydrogen-bond donors (Lipinski definition) is 1. The van der Waals surface area contributed by atoms with E-state index in [-0.39, 0.29) is 5.41 Å². The molecule has 0 saturated heterocycles. The Morgan fingerprint density at radius 3 is 2.60 bits per heavy atom. The molecule has 106 valence electrons. The van der Waals surface area contributed by atoms with Gasteiger partial charge in [-0.1, -0.05) is 23.6 Å². The molecule has 0 atom stereocenters. The Morgan fingerprint density at radius 1 is 1.45 bits per heavy atom. The van der Waals surface area contributed by atoms with Crippen LogP contribution >= 0.6 is 11.6 Å². The van der Waals surface area contributed by atoms with Crippen LogP contribution in [0.4, 0.5) is 10.5 Å². The van der Waals surface area contributed by atoms with Crippen LogP contribution in [0.1, 0.15) is 39.2 Å². The molecule has 0 bridgehead atoms. The maximum absolute atomic E-state index is 11.8. The van der Waals surface area contributed by atoms with E-state index < -0.39 is 11.7 Å². The molecule has 1 amide bonds. The molecule has 1 fully saturated rings. The van der Waals surface area contributed by atoms with Crippen LogP contribution in [0.5, 0.6) is 0 Å². The molecule has 1 saturated carbocycles. The molecule has 0 aromatic heterocycles. The third kappa shape index (κ3) is 3.26. The van der Waals surface area contributed by atoms with Gasteiger partial charge in [0.05, 0.1) is 16.1 Å². The Bertz CT molecular complexity index is 577. The molecule has 0 heterocycles. The van der Waals surface area contributed by atoms with Crippen LogP contribution in [-0.4, -0.2) is 11.7 Å². The smallest absolute Gasteiger partial charge is 0.412 e. The van der Waals surface area contributed by atoms with Gasteiger partial charge in [0, 0.05) is 0 Å². The fourth-order valence-electron chi connectivity index (χ4n) is 1.97. The van der Waals surface area contributed by atoms with E-state index >= 15 is 0 Å². The van der Waals surface area contributed by atoms with E-state index in [9.17, 15) is 4.79 Å². The van der Waals surface area contributed by atoms with Crippen molar-refractivity contribution in [1.82, 2.24) is 0 Å². The summed E-state index contributed by atoms with van der Waals surface area (Å²) in [7, 11) is 0. The lowest BCUT2D eigenvalue weighted by atomic mass is 9.96. The van der Waals surface area contributed by atoms with E-state index in [4.69, 9.17) is 22.8 Å². The van der Waals surface area contributed by atoms with E-state index in [0.717, 1.165) is 18.4 Å². The number of rotatable bonds is 2. The molecule has 1 aliphatic carbocycles. The molecule has 1 aromatic carbocycles. The minimum Gasteiger partial charge on any atom is -0.444 e. The standard InChI is InChI=1S/C16H18ClNO2/c1-5-16(8-9-16)11-6-7-12(17)13(10-11)18-14(19)20-15(2,3)4/h1,6-7,10H,8-9H2,2-4H3,(H,18,19). The van der Waals surface area contributed by atoms with Crippen LogP contribution in [-0.2, 0) is 10.2 Å². The van der Waals surface area contributed by atoms with Gasteiger partial charge in [0.25, 0.3) is 0 Å². The van der Waals surface area contributed by atoms with Crippen LogP contribution in [0.25, 0.3) is 0 Å². The van der Waals surface area contributed by atoms with Crippen LogP contribution < -0.4 is 5.32 Å². The zero-order valence-electron chi connectivity index (χ0n) is 11.9.